The largest absolute Gasteiger partial charge is 0.489 e. The molecule has 3 aromatic rings. The van der Waals surface area contributed by atoms with Gasteiger partial charge < -0.3 is 9.47 Å². The molecule has 1 heterocycles. The molecule has 1 aliphatic heterocycles. The number of rotatable bonds is 5. The first-order valence-electron chi connectivity index (χ1n) is 8.94. The fourth-order valence-corrected chi connectivity index (χ4v) is 3.02. The van der Waals surface area contributed by atoms with Crippen LogP contribution in [0.1, 0.15) is 16.7 Å². The lowest BCUT2D eigenvalue weighted by atomic mass is 10.2. The molecule has 0 bridgehead atoms. The zero-order chi connectivity index (χ0) is 21.1. The van der Waals surface area contributed by atoms with Crippen LogP contribution in [-0.4, -0.2) is 11.9 Å². The van der Waals surface area contributed by atoms with E-state index in [1.54, 1.807) is 42.5 Å². The van der Waals surface area contributed by atoms with Crippen molar-refractivity contribution in [2.45, 2.75) is 6.61 Å². The molecule has 0 N–H and O–H groups in total. The Labute approximate surface area is 176 Å². The molecule has 0 amide bonds. The van der Waals surface area contributed by atoms with Crippen molar-refractivity contribution < 1.29 is 23.0 Å². The van der Waals surface area contributed by atoms with E-state index in [0.717, 1.165) is 0 Å². The minimum Gasteiger partial charge on any atom is -0.489 e. The number of halogens is 3. The van der Waals surface area contributed by atoms with Crippen molar-refractivity contribution in [3.05, 3.63) is 106 Å². The van der Waals surface area contributed by atoms with Crippen molar-refractivity contribution >= 4 is 29.5 Å². The molecular formula is C23H14ClF2NO3. The molecule has 1 aliphatic rings. The first-order valence-corrected chi connectivity index (χ1v) is 9.31. The van der Waals surface area contributed by atoms with Crippen LogP contribution in [0.5, 0.6) is 5.75 Å². The lowest BCUT2D eigenvalue weighted by Crippen LogP contribution is -2.05. The first kappa shape index (κ1) is 19.8. The molecule has 150 valence electrons. The molecule has 0 atom stereocenters. The summed E-state index contributed by atoms with van der Waals surface area (Å²) in [4.78, 5) is 16.2. The van der Waals surface area contributed by atoms with Gasteiger partial charge in [-0.3, -0.25) is 0 Å². The molecule has 30 heavy (non-hydrogen) atoms. The van der Waals surface area contributed by atoms with Gasteiger partial charge in [-0.15, -0.1) is 0 Å². The number of hydrogen-bond acceptors (Lipinski definition) is 4. The Hall–Kier alpha value is -3.51. The van der Waals surface area contributed by atoms with E-state index >= 15 is 0 Å². The highest BCUT2D eigenvalue weighted by Crippen LogP contribution is 2.23. The van der Waals surface area contributed by atoms with E-state index in [1.807, 2.05) is 0 Å². The molecule has 3 aromatic carbocycles. The SMILES string of the molecule is O=C1OC(c2cccc(F)c2)=N/C1=C\c1ccc(OCc2c(F)cccc2Cl)cc1. The maximum atomic E-state index is 13.8. The quantitative estimate of drug-likeness (QED) is 0.398. The molecule has 0 saturated heterocycles. The first-order chi connectivity index (χ1) is 14.5. The number of hydrogen-bond donors (Lipinski definition) is 0. The van der Waals surface area contributed by atoms with Crippen LogP contribution in [0.4, 0.5) is 8.78 Å². The van der Waals surface area contributed by atoms with Gasteiger partial charge in [0.05, 0.1) is 5.02 Å². The van der Waals surface area contributed by atoms with Gasteiger partial charge in [-0.1, -0.05) is 35.9 Å². The number of ether oxygens (including phenoxy) is 2. The van der Waals surface area contributed by atoms with Gasteiger partial charge in [0.15, 0.2) is 5.70 Å². The van der Waals surface area contributed by atoms with Crippen molar-refractivity contribution in [1.82, 2.24) is 0 Å². The molecule has 7 heteroatoms. The van der Waals surface area contributed by atoms with Gasteiger partial charge in [-0.05, 0) is 54.1 Å². The fourth-order valence-electron chi connectivity index (χ4n) is 2.80. The molecule has 4 rings (SSSR count). The number of cyclic esters (lactones) is 1. The molecule has 0 fully saturated rings. The number of carbonyl (C=O) groups is 1. The van der Waals surface area contributed by atoms with Crippen LogP contribution >= 0.6 is 11.6 Å². The monoisotopic (exact) mass is 425 g/mol. The molecule has 0 aliphatic carbocycles. The summed E-state index contributed by atoms with van der Waals surface area (Å²) in [5.41, 5.74) is 1.43. The van der Waals surface area contributed by atoms with Gasteiger partial charge in [-0.25, -0.2) is 18.6 Å². The van der Waals surface area contributed by atoms with Gasteiger partial charge in [0.1, 0.15) is 24.0 Å². The summed E-state index contributed by atoms with van der Waals surface area (Å²) in [5.74, 6) is -0.947. The Kier molecular flexibility index (Phi) is 5.59. The van der Waals surface area contributed by atoms with E-state index in [0.29, 0.717) is 21.9 Å². The summed E-state index contributed by atoms with van der Waals surface area (Å²) in [6.07, 6.45) is 1.55. The molecule has 0 unspecified atom stereocenters. The third-order valence-corrected chi connectivity index (χ3v) is 4.67. The van der Waals surface area contributed by atoms with E-state index in [2.05, 4.69) is 4.99 Å². The maximum absolute atomic E-state index is 13.8. The number of nitrogens with zero attached hydrogens (tertiary/aromatic N) is 1. The highest BCUT2D eigenvalue weighted by atomic mass is 35.5. The van der Waals surface area contributed by atoms with Crippen molar-refractivity contribution in [3.63, 3.8) is 0 Å². The van der Waals surface area contributed by atoms with Gasteiger partial charge in [0.25, 0.3) is 0 Å². The normalized spacial score (nSPS) is 14.6. The van der Waals surface area contributed by atoms with E-state index < -0.39 is 17.6 Å². The third kappa shape index (κ3) is 4.39. The van der Waals surface area contributed by atoms with Crippen LogP contribution in [0.3, 0.4) is 0 Å². The summed E-state index contributed by atoms with van der Waals surface area (Å²) in [6.45, 7) is -0.0143. The van der Waals surface area contributed by atoms with Gasteiger partial charge in [0, 0.05) is 11.1 Å². The van der Waals surface area contributed by atoms with Crippen molar-refractivity contribution in [2.24, 2.45) is 4.99 Å². The second-order valence-corrected chi connectivity index (χ2v) is 6.81. The number of carbonyl (C=O) groups excluding carboxylic acids is 1. The second kappa shape index (κ2) is 8.47. The predicted molar refractivity (Wildman–Crippen MR) is 109 cm³/mol. The summed E-state index contributed by atoms with van der Waals surface area (Å²) >= 11 is 5.99. The number of benzene rings is 3. The van der Waals surface area contributed by atoms with E-state index in [1.165, 1.54) is 30.3 Å². The highest BCUT2D eigenvalue weighted by Gasteiger charge is 2.24. The average Bonchev–Trinajstić information content (AvgIpc) is 3.09. The summed E-state index contributed by atoms with van der Waals surface area (Å²) < 4.78 is 37.9. The summed E-state index contributed by atoms with van der Waals surface area (Å²) in [6, 6.07) is 16.9. The lowest BCUT2D eigenvalue weighted by Gasteiger charge is -2.09. The number of aliphatic imine (C=N–C) groups is 1. The molecular weight excluding hydrogens is 412 g/mol. The van der Waals surface area contributed by atoms with E-state index in [4.69, 9.17) is 21.1 Å². The minimum absolute atomic E-state index is 0.0143. The Balaban J connectivity index is 1.47. The second-order valence-electron chi connectivity index (χ2n) is 6.40. The van der Waals surface area contributed by atoms with Crippen molar-refractivity contribution in [2.75, 3.05) is 0 Å². The molecule has 0 saturated carbocycles. The van der Waals surface area contributed by atoms with Crippen molar-refractivity contribution in [3.8, 4) is 5.75 Å². The average molecular weight is 426 g/mol. The maximum Gasteiger partial charge on any atom is 0.363 e. The van der Waals surface area contributed by atoms with Gasteiger partial charge >= 0.3 is 5.97 Å². The fraction of sp³-hybridized carbons (Fsp3) is 0.0435. The Morgan fingerprint density at radius 2 is 1.80 bits per heavy atom. The van der Waals surface area contributed by atoms with Gasteiger partial charge in [-0.2, -0.15) is 0 Å². The zero-order valence-corrected chi connectivity index (χ0v) is 16.2. The highest BCUT2D eigenvalue weighted by molar-refractivity contribution is 6.31. The van der Waals surface area contributed by atoms with E-state index in [9.17, 15) is 13.6 Å². The predicted octanol–water partition coefficient (Wildman–Crippen LogP) is 5.54. The smallest absolute Gasteiger partial charge is 0.363 e. The van der Waals surface area contributed by atoms with Crippen LogP contribution in [0, 0.1) is 11.6 Å². The number of esters is 1. The Morgan fingerprint density at radius 3 is 2.53 bits per heavy atom. The molecule has 0 aromatic heterocycles. The Bertz CT molecular complexity index is 1150. The van der Waals surface area contributed by atoms with E-state index in [-0.39, 0.29) is 23.8 Å². The lowest BCUT2D eigenvalue weighted by molar-refractivity contribution is -0.129. The molecule has 4 nitrogen and oxygen atoms in total. The summed E-state index contributed by atoms with van der Waals surface area (Å²) in [7, 11) is 0. The standard InChI is InChI=1S/C23H14ClF2NO3/c24-19-5-2-6-20(26)18(19)13-29-17-9-7-14(8-10-17)11-21-23(28)30-22(27-21)15-3-1-4-16(25)12-15/h1-12H,13H2/b21-11-. The molecule has 0 spiro atoms. The van der Waals surface area contributed by atoms with Crippen LogP contribution < -0.4 is 4.74 Å². The van der Waals surface area contributed by atoms with Crippen LogP contribution in [0.25, 0.3) is 6.08 Å². The summed E-state index contributed by atoms with van der Waals surface area (Å²) in [5, 5.41) is 0.295. The topological polar surface area (TPSA) is 47.9 Å². The van der Waals surface area contributed by atoms with Crippen LogP contribution in [0.15, 0.2) is 77.4 Å². The van der Waals surface area contributed by atoms with Crippen LogP contribution in [0.2, 0.25) is 5.02 Å². The van der Waals surface area contributed by atoms with Crippen molar-refractivity contribution in [1.29, 1.82) is 0 Å². The minimum atomic E-state index is -0.621. The van der Waals surface area contributed by atoms with Gasteiger partial charge in [0.2, 0.25) is 5.90 Å². The Morgan fingerprint density at radius 1 is 1.03 bits per heavy atom. The third-order valence-electron chi connectivity index (χ3n) is 4.32. The van der Waals surface area contributed by atoms with Crippen LogP contribution in [-0.2, 0) is 16.1 Å². The zero-order valence-electron chi connectivity index (χ0n) is 15.4. The molecule has 0 radical (unpaired) electrons.